The SMILES string of the molecule is CC(N)C1CCN(C(=O)C2CCCC(C(F)(F)F)C2)C1.Cl. The van der Waals surface area contributed by atoms with Crippen molar-refractivity contribution in [1.82, 2.24) is 4.90 Å². The highest BCUT2D eigenvalue weighted by Gasteiger charge is 2.44. The van der Waals surface area contributed by atoms with Crippen LogP contribution in [-0.4, -0.2) is 36.1 Å². The predicted molar refractivity (Wildman–Crippen MR) is 77.1 cm³/mol. The summed E-state index contributed by atoms with van der Waals surface area (Å²) in [5, 5.41) is 0. The van der Waals surface area contributed by atoms with Gasteiger partial charge in [-0.2, -0.15) is 13.2 Å². The number of hydrogen-bond donors (Lipinski definition) is 1. The van der Waals surface area contributed by atoms with Crippen LogP contribution in [0.15, 0.2) is 0 Å². The molecule has 0 spiro atoms. The molecule has 7 heteroatoms. The zero-order valence-corrected chi connectivity index (χ0v) is 13.1. The van der Waals surface area contributed by atoms with E-state index in [2.05, 4.69) is 0 Å². The molecule has 2 rings (SSSR count). The van der Waals surface area contributed by atoms with E-state index in [4.69, 9.17) is 5.73 Å². The van der Waals surface area contributed by atoms with E-state index in [1.54, 1.807) is 4.90 Å². The van der Waals surface area contributed by atoms with Crippen LogP contribution in [0.5, 0.6) is 0 Å². The van der Waals surface area contributed by atoms with Crippen LogP contribution >= 0.6 is 12.4 Å². The molecule has 4 atom stereocenters. The molecule has 21 heavy (non-hydrogen) atoms. The van der Waals surface area contributed by atoms with E-state index in [1.165, 1.54) is 0 Å². The number of amides is 1. The Morgan fingerprint density at radius 3 is 2.48 bits per heavy atom. The fraction of sp³-hybridized carbons (Fsp3) is 0.929. The van der Waals surface area contributed by atoms with Gasteiger partial charge >= 0.3 is 6.18 Å². The first-order chi connectivity index (χ1) is 9.29. The van der Waals surface area contributed by atoms with E-state index in [0.717, 1.165) is 6.42 Å². The Kier molecular flexibility index (Phi) is 6.35. The van der Waals surface area contributed by atoms with Crippen molar-refractivity contribution in [3.05, 3.63) is 0 Å². The minimum atomic E-state index is -4.17. The molecule has 124 valence electrons. The molecule has 1 aliphatic heterocycles. The molecule has 0 aromatic carbocycles. The lowest BCUT2D eigenvalue weighted by molar-refractivity contribution is -0.187. The number of hydrogen-bond acceptors (Lipinski definition) is 2. The molecule has 4 unspecified atom stereocenters. The van der Waals surface area contributed by atoms with E-state index < -0.39 is 18.0 Å². The van der Waals surface area contributed by atoms with Crippen LogP contribution < -0.4 is 5.73 Å². The van der Waals surface area contributed by atoms with Crippen LogP contribution in [0.4, 0.5) is 13.2 Å². The number of carbonyl (C=O) groups excluding carboxylic acids is 1. The molecule has 2 N–H and O–H groups in total. The Bertz CT molecular complexity index is 363. The molecule has 2 fully saturated rings. The Labute approximate surface area is 129 Å². The Morgan fingerprint density at radius 1 is 1.29 bits per heavy atom. The summed E-state index contributed by atoms with van der Waals surface area (Å²) in [5.41, 5.74) is 5.83. The van der Waals surface area contributed by atoms with Crippen molar-refractivity contribution < 1.29 is 18.0 Å². The number of carbonyl (C=O) groups is 1. The third-order valence-electron chi connectivity index (χ3n) is 4.77. The molecule has 2 aliphatic rings. The lowest BCUT2D eigenvalue weighted by atomic mass is 9.80. The van der Waals surface area contributed by atoms with E-state index in [-0.39, 0.29) is 43.1 Å². The normalized spacial score (nSPS) is 31.7. The van der Waals surface area contributed by atoms with Crippen LogP contribution in [0, 0.1) is 17.8 Å². The summed E-state index contributed by atoms with van der Waals surface area (Å²) in [6.45, 7) is 3.15. The average Bonchev–Trinajstić information content (AvgIpc) is 2.87. The minimum Gasteiger partial charge on any atom is -0.342 e. The smallest absolute Gasteiger partial charge is 0.342 e. The Hall–Kier alpha value is -0.490. The molecular formula is C14H24ClF3N2O. The first-order valence-corrected chi connectivity index (χ1v) is 7.40. The maximum absolute atomic E-state index is 12.8. The summed E-state index contributed by atoms with van der Waals surface area (Å²) in [6, 6.07) is 0.0297. The van der Waals surface area contributed by atoms with Crippen molar-refractivity contribution in [1.29, 1.82) is 0 Å². The quantitative estimate of drug-likeness (QED) is 0.847. The zero-order chi connectivity index (χ0) is 14.9. The fourth-order valence-electron chi connectivity index (χ4n) is 3.39. The molecule has 0 aromatic rings. The van der Waals surface area contributed by atoms with Crippen molar-refractivity contribution in [2.24, 2.45) is 23.5 Å². The molecular weight excluding hydrogens is 305 g/mol. The lowest BCUT2D eigenvalue weighted by Crippen LogP contribution is -2.40. The van der Waals surface area contributed by atoms with Crippen molar-refractivity contribution >= 4 is 18.3 Å². The molecule has 0 radical (unpaired) electrons. The van der Waals surface area contributed by atoms with Gasteiger partial charge in [0.1, 0.15) is 0 Å². The van der Waals surface area contributed by atoms with Crippen LogP contribution in [0.2, 0.25) is 0 Å². The minimum absolute atomic E-state index is 0. The lowest BCUT2D eigenvalue weighted by Gasteiger charge is -2.32. The van der Waals surface area contributed by atoms with Gasteiger partial charge in [0.2, 0.25) is 5.91 Å². The highest BCUT2D eigenvalue weighted by Crippen LogP contribution is 2.40. The number of alkyl halides is 3. The topological polar surface area (TPSA) is 46.3 Å². The van der Waals surface area contributed by atoms with Crippen molar-refractivity contribution in [2.75, 3.05) is 13.1 Å². The van der Waals surface area contributed by atoms with Gasteiger partial charge in [-0.3, -0.25) is 4.79 Å². The summed E-state index contributed by atoms with van der Waals surface area (Å²) in [4.78, 5) is 14.1. The molecule has 1 heterocycles. The molecule has 1 saturated heterocycles. The molecule has 3 nitrogen and oxygen atoms in total. The van der Waals surface area contributed by atoms with Crippen molar-refractivity contribution in [3.8, 4) is 0 Å². The largest absolute Gasteiger partial charge is 0.391 e. The maximum atomic E-state index is 12.8. The van der Waals surface area contributed by atoms with Gasteiger partial charge in [0.25, 0.3) is 0 Å². The van der Waals surface area contributed by atoms with Crippen LogP contribution in [0.25, 0.3) is 0 Å². The monoisotopic (exact) mass is 328 g/mol. The second-order valence-electron chi connectivity index (χ2n) is 6.29. The maximum Gasteiger partial charge on any atom is 0.391 e. The van der Waals surface area contributed by atoms with Gasteiger partial charge in [-0.1, -0.05) is 6.42 Å². The third kappa shape index (κ3) is 4.49. The summed E-state index contributed by atoms with van der Waals surface area (Å²) in [6.07, 6.45) is -2.11. The van der Waals surface area contributed by atoms with Gasteiger partial charge in [-0.15, -0.1) is 12.4 Å². The van der Waals surface area contributed by atoms with Crippen LogP contribution in [0.1, 0.15) is 39.0 Å². The number of nitrogens with two attached hydrogens (primary N) is 1. The Balaban J connectivity index is 0.00000220. The van der Waals surface area contributed by atoms with E-state index in [9.17, 15) is 18.0 Å². The molecule has 1 aliphatic carbocycles. The highest BCUT2D eigenvalue weighted by atomic mass is 35.5. The molecule has 1 saturated carbocycles. The predicted octanol–water partition coefficient (Wildman–Crippen LogP) is 2.97. The number of rotatable bonds is 2. The van der Waals surface area contributed by atoms with E-state index in [1.807, 2.05) is 6.92 Å². The number of nitrogens with zero attached hydrogens (tertiary/aromatic N) is 1. The van der Waals surface area contributed by atoms with Gasteiger partial charge in [-0.25, -0.2) is 0 Å². The zero-order valence-electron chi connectivity index (χ0n) is 12.2. The number of likely N-dealkylation sites (tertiary alicyclic amines) is 1. The van der Waals surface area contributed by atoms with Crippen molar-refractivity contribution in [2.45, 2.75) is 51.2 Å². The first kappa shape index (κ1) is 18.6. The van der Waals surface area contributed by atoms with E-state index in [0.29, 0.717) is 25.9 Å². The first-order valence-electron chi connectivity index (χ1n) is 7.40. The van der Waals surface area contributed by atoms with Gasteiger partial charge in [0.15, 0.2) is 0 Å². The molecule has 0 bridgehead atoms. The van der Waals surface area contributed by atoms with Crippen LogP contribution in [0.3, 0.4) is 0 Å². The number of halogens is 4. The summed E-state index contributed by atoms with van der Waals surface area (Å²) in [5.74, 6) is -1.58. The fourth-order valence-corrected chi connectivity index (χ4v) is 3.39. The molecule has 0 aromatic heterocycles. The third-order valence-corrected chi connectivity index (χ3v) is 4.77. The van der Waals surface area contributed by atoms with E-state index >= 15 is 0 Å². The van der Waals surface area contributed by atoms with Gasteiger partial charge in [0, 0.05) is 25.0 Å². The second-order valence-corrected chi connectivity index (χ2v) is 6.29. The standard InChI is InChI=1S/C14H23F3N2O.ClH/c1-9(18)11-5-6-19(8-11)13(20)10-3-2-4-12(7-10)14(15,16)17;/h9-12H,2-8,18H2,1H3;1H. The van der Waals surface area contributed by atoms with Gasteiger partial charge in [0.05, 0.1) is 5.92 Å². The van der Waals surface area contributed by atoms with Gasteiger partial charge < -0.3 is 10.6 Å². The second kappa shape index (κ2) is 7.18. The van der Waals surface area contributed by atoms with Crippen LogP contribution in [-0.2, 0) is 4.79 Å². The average molecular weight is 329 g/mol. The molecule has 1 amide bonds. The van der Waals surface area contributed by atoms with Gasteiger partial charge in [-0.05, 0) is 38.5 Å². The Morgan fingerprint density at radius 2 is 1.95 bits per heavy atom. The van der Waals surface area contributed by atoms with Crippen molar-refractivity contribution in [3.63, 3.8) is 0 Å². The summed E-state index contributed by atoms with van der Waals surface area (Å²) in [7, 11) is 0. The highest BCUT2D eigenvalue weighted by molar-refractivity contribution is 5.85. The summed E-state index contributed by atoms with van der Waals surface area (Å²) >= 11 is 0. The summed E-state index contributed by atoms with van der Waals surface area (Å²) < 4.78 is 38.3.